The molecule has 1 aromatic carbocycles. The topological polar surface area (TPSA) is 12.0 Å². The van der Waals surface area contributed by atoms with E-state index < -0.39 is 0 Å². The van der Waals surface area contributed by atoms with E-state index in [1.807, 2.05) is 0 Å². The van der Waals surface area contributed by atoms with Crippen LogP contribution in [0.25, 0.3) is 0 Å². The minimum atomic E-state index is 0.680. The van der Waals surface area contributed by atoms with Crippen LogP contribution in [0.4, 0.5) is 0 Å². The van der Waals surface area contributed by atoms with Crippen molar-refractivity contribution in [1.29, 1.82) is 0 Å². The van der Waals surface area contributed by atoms with Crippen LogP contribution in [0.1, 0.15) is 42.7 Å². The second-order valence-corrected chi connectivity index (χ2v) is 4.64. The zero-order chi connectivity index (χ0) is 10.7. The second kappa shape index (κ2) is 4.80. The van der Waals surface area contributed by atoms with Crippen LogP contribution in [0, 0.1) is 6.92 Å². The Morgan fingerprint density at radius 2 is 1.87 bits per heavy atom. The number of nitrogens with one attached hydrogen (secondary N) is 1. The van der Waals surface area contributed by atoms with Crippen molar-refractivity contribution < 1.29 is 0 Å². The van der Waals surface area contributed by atoms with E-state index in [1.54, 1.807) is 5.56 Å². The maximum Gasteiger partial charge on any atom is 0.0133 e. The zero-order valence-electron chi connectivity index (χ0n) is 9.79. The van der Waals surface area contributed by atoms with Crippen molar-refractivity contribution in [3.63, 3.8) is 0 Å². The first-order valence-corrected chi connectivity index (χ1v) is 6.05. The molecule has 0 radical (unpaired) electrons. The first-order valence-electron chi connectivity index (χ1n) is 6.05. The molecular weight excluding hydrogens is 182 g/mol. The van der Waals surface area contributed by atoms with Gasteiger partial charge in [0.05, 0.1) is 0 Å². The van der Waals surface area contributed by atoms with Crippen LogP contribution in [0.3, 0.4) is 0 Å². The number of rotatable bonds is 2. The maximum atomic E-state index is 3.48. The van der Waals surface area contributed by atoms with E-state index in [0.717, 1.165) is 5.92 Å². The van der Waals surface area contributed by atoms with Crippen molar-refractivity contribution in [2.24, 2.45) is 0 Å². The first kappa shape index (κ1) is 10.7. The monoisotopic (exact) mass is 203 g/mol. The molecule has 1 aromatic rings. The molecule has 1 saturated carbocycles. The van der Waals surface area contributed by atoms with Gasteiger partial charge < -0.3 is 5.32 Å². The summed E-state index contributed by atoms with van der Waals surface area (Å²) >= 11 is 0. The molecule has 1 fully saturated rings. The van der Waals surface area contributed by atoms with Gasteiger partial charge in [0.15, 0.2) is 0 Å². The highest BCUT2D eigenvalue weighted by molar-refractivity contribution is 5.30. The molecule has 0 amide bonds. The summed E-state index contributed by atoms with van der Waals surface area (Å²) in [5.74, 6) is 0.727. The second-order valence-electron chi connectivity index (χ2n) is 4.64. The molecule has 0 spiro atoms. The lowest BCUT2D eigenvalue weighted by molar-refractivity contribution is 0.343. The lowest BCUT2D eigenvalue weighted by atomic mass is 9.78. The first-order chi connectivity index (χ1) is 7.33. The molecular formula is C14H21N. The van der Waals surface area contributed by atoms with Gasteiger partial charge in [-0.3, -0.25) is 0 Å². The molecule has 2 unspecified atom stereocenters. The Morgan fingerprint density at radius 1 is 1.13 bits per heavy atom. The van der Waals surface area contributed by atoms with E-state index in [-0.39, 0.29) is 0 Å². The summed E-state index contributed by atoms with van der Waals surface area (Å²) in [5.41, 5.74) is 3.00. The number of benzene rings is 1. The molecule has 0 heterocycles. The van der Waals surface area contributed by atoms with Crippen molar-refractivity contribution in [3.05, 3.63) is 35.4 Å². The van der Waals surface area contributed by atoms with Gasteiger partial charge in [0.2, 0.25) is 0 Å². The summed E-state index contributed by atoms with van der Waals surface area (Å²) in [4.78, 5) is 0. The summed E-state index contributed by atoms with van der Waals surface area (Å²) in [6.07, 6.45) is 5.44. The highest BCUT2D eigenvalue weighted by Gasteiger charge is 2.25. The van der Waals surface area contributed by atoms with Gasteiger partial charge in [-0.05, 0) is 43.9 Å². The minimum Gasteiger partial charge on any atom is -0.316 e. The Morgan fingerprint density at radius 3 is 2.60 bits per heavy atom. The molecule has 1 heteroatoms. The number of likely N-dealkylation sites (N-methyl/N-ethyl adjacent to an activating group) is 1. The van der Waals surface area contributed by atoms with E-state index in [4.69, 9.17) is 0 Å². The Balaban J connectivity index is 2.24. The molecule has 2 atom stereocenters. The molecule has 1 aliphatic carbocycles. The Kier molecular flexibility index (Phi) is 3.42. The van der Waals surface area contributed by atoms with Crippen molar-refractivity contribution in [2.75, 3.05) is 7.05 Å². The molecule has 1 aliphatic rings. The lowest BCUT2D eigenvalue weighted by Crippen LogP contribution is -2.34. The fourth-order valence-corrected chi connectivity index (χ4v) is 2.85. The standard InChI is InChI=1S/C14H21N/c1-11-7-3-4-8-12(11)13-9-5-6-10-14(13)15-2/h3-4,7-8,13-15H,5-6,9-10H2,1-2H3. The summed E-state index contributed by atoms with van der Waals surface area (Å²) in [5, 5.41) is 3.48. The Labute approximate surface area is 92.9 Å². The van der Waals surface area contributed by atoms with Crippen molar-refractivity contribution >= 4 is 0 Å². The van der Waals surface area contributed by atoms with Crippen LogP contribution in [-0.4, -0.2) is 13.1 Å². The average molecular weight is 203 g/mol. The molecule has 82 valence electrons. The van der Waals surface area contributed by atoms with Gasteiger partial charge in [-0.1, -0.05) is 37.1 Å². The fraction of sp³-hybridized carbons (Fsp3) is 0.571. The van der Waals surface area contributed by atoms with Crippen LogP contribution in [0.5, 0.6) is 0 Å². The SMILES string of the molecule is CNC1CCCCC1c1ccccc1C. The number of hydrogen-bond acceptors (Lipinski definition) is 1. The molecule has 0 bridgehead atoms. The third kappa shape index (κ3) is 2.23. The molecule has 0 aliphatic heterocycles. The van der Waals surface area contributed by atoms with Gasteiger partial charge in [-0.2, -0.15) is 0 Å². The van der Waals surface area contributed by atoms with Gasteiger partial charge >= 0.3 is 0 Å². The predicted octanol–water partition coefficient (Wildman–Crippen LogP) is 3.24. The number of aryl methyl sites for hydroxylation is 1. The Bertz CT molecular complexity index is 319. The van der Waals surface area contributed by atoms with Crippen LogP contribution < -0.4 is 5.32 Å². The molecule has 0 saturated heterocycles. The average Bonchev–Trinajstić information content (AvgIpc) is 2.30. The predicted molar refractivity (Wildman–Crippen MR) is 65.2 cm³/mol. The normalized spacial score (nSPS) is 26.5. The quantitative estimate of drug-likeness (QED) is 0.778. The fourth-order valence-electron chi connectivity index (χ4n) is 2.85. The largest absolute Gasteiger partial charge is 0.316 e. The lowest BCUT2D eigenvalue weighted by Gasteiger charge is -2.32. The van der Waals surface area contributed by atoms with E-state index in [2.05, 4.69) is 43.6 Å². The van der Waals surface area contributed by atoms with Crippen LogP contribution in [0.15, 0.2) is 24.3 Å². The van der Waals surface area contributed by atoms with Gasteiger partial charge in [-0.15, -0.1) is 0 Å². The van der Waals surface area contributed by atoms with E-state index in [0.29, 0.717) is 6.04 Å². The highest BCUT2D eigenvalue weighted by Crippen LogP contribution is 2.34. The molecule has 2 rings (SSSR count). The van der Waals surface area contributed by atoms with Crippen molar-refractivity contribution in [3.8, 4) is 0 Å². The summed E-state index contributed by atoms with van der Waals surface area (Å²) in [7, 11) is 2.10. The molecule has 1 N–H and O–H groups in total. The van der Waals surface area contributed by atoms with E-state index in [1.165, 1.54) is 31.2 Å². The summed E-state index contributed by atoms with van der Waals surface area (Å²) in [6, 6.07) is 9.52. The third-order valence-corrected chi connectivity index (χ3v) is 3.72. The molecule has 15 heavy (non-hydrogen) atoms. The van der Waals surface area contributed by atoms with Crippen LogP contribution >= 0.6 is 0 Å². The minimum absolute atomic E-state index is 0.680. The number of hydrogen-bond donors (Lipinski definition) is 1. The molecule has 0 aromatic heterocycles. The summed E-state index contributed by atoms with van der Waals surface area (Å²) < 4.78 is 0. The van der Waals surface area contributed by atoms with Gasteiger partial charge in [0.1, 0.15) is 0 Å². The molecule has 1 nitrogen and oxygen atoms in total. The van der Waals surface area contributed by atoms with E-state index >= 15 is 0 Å². The van der Waals surface area contributed by atoms with Crippen LogP contribution in [0.2, 0.25) is 0 Å². The Hall–Kier alpha value is -0.820. The zero-order valence-corrected chi connectivity index (χ0v) is 9.79. The van der Waals surface area contributed by atoms with Crippen molar-refractivity contribution in [2.45, 2.75) is 44.6 Å². The van der Waals surface area contributed by atoms with Gasteiger partial charge in [-0.25, -0.2) is 0 Å². The highest BCUT2D eigenvalue weighted by atomic mass is 14.9. The maximum absolute atomic E-state index is 3.48. The van der Waals surface area contributed by atoms with Crippen LogP contribution in [-0.2, 0) is 0 Å². The third-order valence-electron chi connectivity index (χ3n) is 3.72. The van der Waals surface area contributed by atoms with Gasteiger partial charge in [0.25, 0.3) is 0 Å². The van der Waals surface area contributed by atoms with E-state index in [9.17, 15) is 0 Å². The smallest absolute Gasteiger partial charge is 0.0133 e. The van der Waals surface area contributed by atoms with Gasteiger partial charge in [0, 0.05) is 6.04 Å². The summed E-state index contributed by atoms with van der Waals surface area (Å²) in [6.45, 7) is 2.23. The van der Waals surface area contributed by atoms with Crippen molar-refractivity contribution in [1.82, 2.24) is 5.32 Å².